The van der Waals surface area contributed by atoms with Gasteiger partial charge in [0.1, 0.15) is 5.75 Å². The molecule has 1 saturated carbocycles. The van der Waals surface area contributed by atoms with Crippen LogP contribution in [0.2, 0.25) is 0 Å². The summed E-state index contributed by atoms with van der Waals surface area (Å²) in [7, 11) is 7.42. The molecule has 1 aliphatic rings. The first-order chi connectivity index (χ1) is 14.0. The Morgan fingerprint density at radius 1 is 1.13 bits per heavy atom. The van der Waals surface area contributed by atoms with E-state index in [4.69, 9.17) is 9.47 Å². The summed E-state index contributed by atoms with van der Waals surface area (Å²) in [5.41, 5.74) is 4.41. The van der Waals surface area contributed by atoms with Crippen LogP contribution in [0.3, 0.4) is 0 Å². The number of benzene rings is 2. The molecule has 5 heteroatoms. The van der Waals surface area contributed by atoms with Crippen molar-refractivity contribution in [1.82, 2.24) is 4.90 Å². The van der Waals surface area contributed by atoms with Gasteiger partial charge in [0.25, 0.3) is 0 Å². The Labute approximate surface area is 186 Å². The summed E-state index contributed by atoms with van der Waals surface area (Å²) < 4.78 is 10.3. The summed E-state index contributed by atoms with van der Waals surface area (Å²) in [5.74, 6) is 1.68. The number of carbonyl (C=O) groups is 1. The van der Waals surface area contributed by atoms with Crippen molar-refractivity contribution in [3.8, 4) is 5.75 Å². The maximum Gasteiger partial charge on any atom is 0.337 e. The molecule has 0 aliphatic heterocycles. The molecule has 162 valence electrons. The standard InChI is InChI=1S/C25H31NO3.ClH/c1-26(2)17-22-12-11-19(13-18-7-5-9-21(14-18)25(27)29-4)15-24(22)20-8-6-10-23(16-20)28-3;/h5-10,13-14,16,22,24H,11-12,15,17H2,1-4H3;1H/b19-13-;/t22-,24+;/m1./s1. The van der Waals surface area contributed by atoms with Crippen LogP contribution in [-0.4, -0.2) is 45.7 Å². The lowest BCUT2D eigenvalue weighted by Crippen LogP contribution is -2.29. The summed E-state index contributed by atoms with van der Waals surface area (Å²) in [4.78, 5) is 14.1. The van der Waals surface area contributed by atoms with E-state index in [1.54, 1.807) is 13.2 Å². The number of hydrogen-bond acceptors (Lipinski definition) is 4. The summed E-state index contributed by atoms with van der Waals surface area (Å²) in [6, 6.07) is 16.1. The van der Waals surface area contributed by atoms with Gasteiger partial charge in [0.05, 0.1) is 19.8 Å². The lowest BCUT2D eigenvalue weighted by molar-refractivity contribution is 0.0600. The Balaban J connectivity index is 0.00000320. The maximum atomic E-state index is 11.8. The number of carbonyl (C=O) groups excluding carboxylic acids is 1. The minimum atomic E-state index is -0.297. The third-order valence-electron chi connectivity index (χ3n) is 5.69. The van der Waals surface area contributed by atoms with Gasteiger partial charge in [0, 0.05) is 6.54 Å². The van der Waals surface area contributed by atoms with Gasteiger partial charge in [-0.3, -0.25) is 0 Å². The molecule has 2 aromatic carbocycles. The van der Waals surface area contributed by atoms with Gasteiger partial charge >= 0.3 is 5.97 Å². The molecule has 2 atom stereocenters. The van der Waals surface area contributed by atoms with Gasteiger partial charge < -0.3 is 14.4 Å². The van der Waals surface area contributed by atoms with Crippen molar-refractivity contribution in [2.75, 3.05) is 34.9 Å². The molecule has 0 amide bonds. The van der Waals surface area contributed by atoms with Gasteiger partial charge in [-0.25, -0.2) is 4.79 Å². The average molecular weight is 430 g/mol. The Morgan fingerprint density at radius 3 is 2.60 bits per heavy atom. The number of nitrogens with zero attached hydrogens (tertiary/aromatic N) is 1. The number of halogens is 1. The molecule has 1 fully saturated rings. The van der Waals surface area contributed by atoms with Gasteiger partial charge in [0.2, 0.25) is 0 Å². The van der Waals surface area contributed by atoms with Gasteiger partial charge in [-0.15, -0.1) is 12.4 Å². The van der Waals surface area contributed by atoms with Gasteiger partial charge in [-0.05, 0) is 80.6 Å². The Kier molecular flexibility index (Phi) is 8.94. The lowest BCUT2D eigenvalue weighted by atomic mass is 9.73. The monoisotopic (exact) mass is 429 g/mol. The Hall–Kier alpha value is -2.30. The fourth-order valence-corrected chi connectivity index (χ4v) is 4.31. The molecular weight excluding hydrogens is 398 g/mol. The molecule has 1 aliphatic carbocycles. The quantitative estimate of drug-likeness (QED) is 0.573. The molecule has 0 saturated heterocycles. The van der Waals surface area contributed by atoms with Crippen LogP contribution in [0.5, 0.6) is 5.75 Å². The number of ether oxygens (including phenoxy) is 2. The summed E-state index contributed by atoms with van der Waals surface area (Å²) in [6.07, 6.45) is 5.50. The van der Waals surface area contributed by atoms with Crippen molar-refractivity contribution in [1.29, 1.82) is 0 Å². The molecule has 0 aromatic heterocycles. The molecule has 0 N–H and O–H groups in total. The van der Waals surface area contributed by atoms with Crippen LogP contribution in [0.1, 0.15) is 46.7 Å². The zero-order valence-electron chi connectivity index (χ0n) is 18.3. The van der Waals surface area contributed by atoms with Crippen molar-refractivity contribution in [3.63, 3.8) is 0 Å². The van der Waals surface area contributed by atoms with Crippen molar-refractivity contribution in [2.24, 2.45) is 5.92 Å². The highest BCUT2D eigenvalue weighted by Gasteiger charge is 2.29. The highest BCUT2D eigenvalue weighted by atomic mass is 35.5. The minimum Gasteiger partial charge on any atom is -0.497 e. The van der Waals surface area contributed by atoms with Gasteiger partial charge in [0.15, 0.2) is 0 Å². The number of hydrogen-bond donors (Lipinski definition) is 0. The fourth-order valence-electron chi connectivity index (χ4n) is 4.31. The van der Waals surface area contributed by atoms with Crippen LogP contribution in [0.15, 0.2) is 54.1 Å². The molecule has 30 heavy (non-hydrogen) atoms. The van der Waals surface area contributed by atoms with Crippen molar-refractivity contribution in [2.45, 2.75) is 25.2 Å². The normalized spacial score (nSPS) is 20.0. The molecule has 0 unspecified atom stereocenters. The molecule has 0 radical (unpaired) electrons. The predicted molar refractivity (Wildman–Crippen MR) is 125 cm³/mol. The van der Waals surface area contributed by atoms with E-state index in [1.807, 2.05) is 24.3 Å². The van der Waals surface area contributed by atoms with E-state index in [2.05, 4.69) is 43.3 Å². The van der Waals surface area contributed by atoms with Crippen LogP contribution in [-0.2, 0) is 4.74 Å². The molecule has 0 spiro atoms. The molecule has 4 nitrogen and oxygen atoms in total. The van der Waals surface area contributed by atoms with Crippen LogP contribution < -0.4 is 4.74 Å². The summed E-state index contributed by atoms with van der Waals surface area (Å²) in [5, 5.41) is 0. The van der Waals surface area contributed by atoms with Gasteiger partial charge in [-0.1, -0.05) is 35.9 Å². The lowest BCUT2D eigenvalue weighted by Gasteiger charge is -2.35. The highest BCUT2D eigenvalue weighted by Crippen LogP contribution is 2.42. The predicted octanol–water partition coefficient (Wildman–Crippen LogP) is 5.43. The van der Waals surface area contributed by atoms with E-state index >= 15 is 0 Å². The number of allylic oxidation sites excluding steroid dienone is 1. The van der Waals surface area contributed by atoms with Crippen molar-refractivity contribution >= 4 is 24.5 Å². The van der Waals surface area contributed by atoms with E-state index in [0.717, 1.165) is 37.1 Å². The third kappa shape index (κ3) is 6.10. The van der Waals surface area contributed by atoms with Crippen LogP contribution in [0, 0.1) is 5.92 Å². The van der Waals surface area contributed by atoms with E-state index < -0.39 is 0 Å². The first-order valence-corrected chi connectivity index (χ1v) is 10.2. The molecule has 3 rings (SSSR count). The van der Waals surface area contributed by atoms with E-state index in [0.29, 0.717) is 17.4 Å². The summed E-state index contributed by atoms with van der Waals surface area (Å²) >= 11 is 0. The molecular formula is C25H32ClNO3. The van der Waals surface area contributed by atoms with Crippen LogP contribution in [0.4, 0.5) is 0 Å². The average Bonchev–Trinajstić information content (AvgIpc) is 2.74. The first-order valence-electron chi connectivity index (χ1n) is 10.2. The zero-order chi connectivity index (χ0) is 20.8. The maximum absolute atomic E-state index is 11.8. The third-order valence-corrected chi connectivity index (χ3v) is 5.69. The number of methoxy groups -OCH3 is 2. The highest BCUT2D eigenvalue weighted by molar-refractivity contribution is 5.90. The topological polar surface area (TPSA) is 38.8 Å². The van der Waals surface area contributed by atoms with Crippen LogP contribution >= 0.6 is 12.4 Å². The molecule has 2 aromatic rings. The second kappa shape index (κ2) is 11.2. The number of esters is 1. The summed E-state index contributed by atoms with van der Waals surface area (Å²) in [6.45, 7) is 1.08. The first kappa shape index (κ1) is 24.0. The number of rotatable bonds is 6. The van der Waals surface area contributed by atoms with E-state index in [9.17, 15) is 4.79 Å². The van der Waals surface area contributed by atoms with Gasteiger partial charge in [-0.2, -0.15) is 0 Å². The van der Waals surface area contributed by atoms with Crippen molar-refractivity contribution < 1.29 is 14.3 Å². The zero-order valence-corrected chi connectivity index (χ0v) is 19.1. The van der Waals surface area contributed by atoms with Crippen molar-refractivity contribution in [3.05, 3.63) is 70.8 Å². The van der Waals surface area contributed by atoms with E-state index in [-0.39, 0.29) is 18.4 Å². The Bertz CT molecular complexity index is 878. The minimum absolute atomic E-state index is 0. The molecule has 0 heterocycles. The SMILES string of the molecule is COC(=O)c1cccc(/C=C2/CC[C@H](CN(C)C)[C@H](c3cccc(OC)c3)C2)c1.Cl. The fraction of sp³-hybridized carbons (Fsp3) is 0.400. The molecule has 0 bridgehead atoms. The smallest absolute Gasteiger partial charge is 0.337 e. The Morgan fingerprint density at radius 2 is 1.90 bits per heavy atom. The van der Waals surface area contributed by atoms with Crippen LogP contribution in [0.25, 0.3) is 6.08 Å². The van der Waals surface area contributed by atoms with E-state index in [1.165, 1.54) is 18.2 Å². The largest absolute Gasteiger partial charge is 0.497 e. The second-order valence-electron chi connectivity index (χ2n) is 8.07. The second-order valence-corrected chi connectivity index (χ2v) is 8.07.